The Hall–Kier alpha value is -3.20. The van der Waals surface area contributed by atoms with Crippen LogP contribution in [-0.2, 0) is 24.3 Å². The lowest BCUT2D eigenvalue weighted by Gasteiger charge is -2.19. The fourth-order valence-electron chi connectivity index (χ4n) is 3.10. The van der Waals surface area contributed by atoms with Crippen LogP contribution in [0.3, 0.4) is 0 Å². The lowest BCUT2D eigenvalue weighted by molar-refractivity contribution is -0.157. The first-order valence-electron chi connectivity index (χ1n) is 9.61. The van der Waals surface area contributed by atoms with Gasteiger partial charge in [-0.05, 0) is 31.9 Å². The first-order chi connectivity index (χ1) is 14.3. The van der Waals surface area contributed by atoms with Crippen LogP contribution >= 0.6 is 0 Å². The van der Waals surface area contributed by atoms with Crippen LogP contribution in [0.4, 0.5) is 0 Å². The van der Waals surface area contributed by atoms with Gasteiger partial charge in [0, 0.05) is 17.2 Å². The van der Waals surface area contributed by atoms with Crippen molar-refractivity contribution in [1.29, 1.82) is 0 Å². The van der Waals surface area contributed by atoms with E-state index in [4.69, 9.17) is 4.74 Å². The summed E-state index contributed by atoms with van der Waals surface area (Å²) in [5, 5.41) is 2.85. The number of ether oxygens (including phenoxy) is 1. The maximum Gasteiger partial charge on any atom is 0.331 e. The lowest BCUT2D eigenvalue weighted by atomic mass is 10.1. The molecule has 1 amide bonds. The molecule has 0 radical (unpaired) electrons. The van der Waals surface area contributed by atoms with E-state index in [0.29, 0.717) is 11.1 Å². The van der Waals surface area contributed by atoms with E-state index in [0.717, 1.165) is 12.8 Å². The van der Waals surface area contributed by atoms with Gasteiger partial charge in [0.2, 0.25) is 6.10 Å². The highest BCUT2D eigenvalue weighted by Gasteiger charge is 2.34. The van der Waals surface area contributed by atoms with Crippen LogP contribution < -0.4 is 10.0 Å². The van der Waals surface area contributed by atoms with Crippen molar-refractivity contribution >= 4 is 27.7 Å². The van der Waals surface area contributed by atoms with E-state index >= 15 is 0 Å². The molecule has 1 heterocycles. The molecule has 2 N–H and O–H groups in total. The summed E-state index contributed by atoms with van der Waals surface area (Å²) < 4.78 is 32.3. The summed E-state index contributed by atoms with van der Waals surface area (Å²) in [5.41, 5.74) is 0.944. The molecule has 9 heteroatoms. The Labute approximate surface area is 174 Å². The largest absolute Gasteiger partial charge is 0.446 e. The number of hydrogen-bond donors (Lipinski definition) is 2. The highest BCUT2D eigenvalue weighted by Crippen LogP contribution is 2.25. The molecule has 0 aromatic heterocycles. The first kappa shape index (κ1) is 20.1. The molecule has 8 nitrogen and oxygen atoms in total. The van der Waals surface area contributed by atoms with E-state index in [2.05, 4.69) is 15.0 Å². The minimum atomic E-state index is -3.71. The van der Waals surface area contributed by atoms with E-state index in [1.54, 1.807) is 48.5 Å². The zero-order valence-corrected chi connectivity index (χ0v) is 17.1. The van der Waals surface area contributed by atoms with Crippen LogP contribution in [0.25, 0.3) is 0 Å². The van der Waals surface area contributed by atoms with Gasteiger partial charge >= 0.3 is 5.97 Å². The first-order valence-corrected chi connectivity index (χ1v) is 11.1. The fraction of sp³-hybridized carbons (Fsp3) is 0.286. The van der Waals surface area contributed by atoms with Gasteiger partial charge in [-0.25, -0.2) is 13.2 Å². The van der Waals surface area contributed by atoms with Gasteiger partial charge in [-0.2, -0.15) is 0 Å². The number of benzene rings is 2. The van der Waals surface area contributed by atoms with Gasteiger partial charge in [-0.1, -0.05) is 42.5 Å². The third-order valence-corrected chi connectivity index (χ3v) is 6.22. The average Bonchev–Trinajstić information content (AvgIpc) is 3.51. The van der Waals surface area contributed by atoms with E-state index in [1.807, 2.05) is 0 Å². The fourth-order valence-corrected chi connectivity index (χ4v) is 4.34. The van der Waals surface area contributed by atoms with Gasteiger partial charge < -0.3 is 10.1 Å². The number of rotatable bonds is 6. The van der Waals surface area contributed by atoms with Crippen LogP contribution in [0.1, 0.15) is 37.0 Å². The second kappa shape index (κ2) is 7.91. The van der Waals surface area contributed by atoms with Crippen molar-refractivity contribution in [3.05, 3.63) is 65.7 Å². The maximum absolute atomic E-state index is 12.7. The van der Waals surface area contributed by atoms with Crippen LogP contribution in [-0.4, -0.2) is 38.2 Å². The second-order valence-electron chi connectivity index (χ2n) is 7.27. The molecular weight excluding hydrogens is 406 g/mol. The predicted octanol–water partition coefficient (Wildman–Crippen LogP) is 1.68. The number of carbonyl (C=O) groups is 2. The SMILES string of the molecule is C[C@H](N=C1NS(=O)(=O)c2ccccc21)C(=O)OC(C(=O)NC1CC1)c1ccccc1. The summed E-state index contributed by atoms with van der Waals surface area (Å²) in [4.78, 5) is 29.7. The number of amidine groups is 1. The van der Waals surface area contributed by atoms with Crippen molar-refractivity contribution < 1.29 is 22.7 Å². The number of aliphatic imine (C=N–C) groups is 1. The van der Waals surface area contributed by atoms with Crippen molar-refractivity contribution in [2.45, 2.75) is 42.8 Å². The van der Waals surface area contributed by atoms with Crippen molar-refractivity contribution in [3.63, 3.8) is 0 Å². The third-order valence-electron chi connectivity index (χ3n) is 4.82. The van der Waals surface area contributed by atoms with E-state index in [1.165, 1.54) is 13.0 Å². The predicted molar refractivity (Wildman–Crippen MR) is 109 cm³/mol. The highest BCUT2D eigenvalue weighted by molar-refractivity contribution is 7.90. The van der Waals surface area contributed by atoms with Crippen LogP contribution in [0.2, 0.25) is 0 Å². The smallest absolute Gasteiger partial charge is 0.331 e. The zero-order valence-electron chi connectivity index (χ0n) is 16.2. The number of hydrogen-bond acceptors (Lipinski definition) is 6. The van der Waals surface area contributed by atoms with E-state index < -0.39 is 28.1 Å². The highest BCUT2D eigenvalue weighted by atomic mass is 32.2. The van der Waals surface area contributed by atoms with Gasteiger partial charge in [-0.15, -0.1) is 0 Å². The van der Waals surface area contributed by atoms with Gasteiger partial charge in [-0.3, -0.25) is 14.5 Å². The van der Waals surface area contributed by atoms with Crippen LogP contribution in [0, 0.1) is 0 Å². The topological polar surface area (TPSA) is 114 Å². The number of fused-ring (bicyclic) bond motifs is 1. The molecule has 0 bridgehead atoms. The molecule has 156 valence electrons. The van der Waals surface area contributed by atoms with Crippen molar-refractivity contribution in [2.75, 3.05) is 0 Å². The van der Waals surface area contributed by atoms with Gasteiger partial charge in [0.05, 0.1) is 4.90 Å². The molecule has 0 saturated heterocycles. The molecule has 1 aliphatic carbocycles. The molecule has 2 aromatic rings. The molecule has 1 aliphatic heterocycles. The molecule has 30 heavy (non-hydrogen) atoms. The monoisotopic (exact) mass is 427 g/mol. The van der Waals surface area contributed by atoms with Crippen molar-refractivity contribution in [3.8, 4) is 0 Å². The maximum atomic E-state index is 12.7. The number of carbonyl (C=O) groups excluding carboxylic acids is 2. The Balaban J connectivity index is 1.54. The van der Waals surface area contributed by atoms with Crippen LogP contribution in [0.5, 0.6) is 0 Å². The summed E-state index contributed by atoms with van der Waals surface area (Å²) in [6.07, 6.45) is 0.713. The van der Waals surface area contributed by atoms with Gasteiger partial charge in [0.25, 0.3) is 15.9 Å². The Bertz CT molecular complexity index is 1110. The Kier molecular flexibility index (Phi) is 5.29. The van der Waals surface area contributed by atoms with Gasteiger partial charge in [0.1, 0.15) is 11.9 Å². The summed E-state index contributed by atoms with van der Waals surface area (Å²) >= 11 is 0. The zero-order chi connectivity index (χ0) is 21.3. The molecule has 1 fully saturated rings. The molecule has 1 unspecified atom stereocenters. The number of esters is 1. The lowest BCUT2D eigenvalue weighted by Crippen LogP contribution is -2.35. The van der Waals surface area contributed by atoms with Gasteiger partial charge in [0.15, 0.2) is 0 Å². The number of sulfonamides is 1. The quantitative estimate of drug-likeness (QED) is 0.681. The summed E-state index contributed by atoms with van der Waals surface area (Å²) in [7, 11) is -3.71. The normalized spacial score (nSPS) is 20.0. The standard InChI is InChI=1S/C21H21N3O5S/c1-13(22-19-16-9-5-6-10-17(16)30(27,28)24-19)21(26)29-18(14-7-3-2-4-8-14)20(25)23-15-11-12-15/h2-10,13,15,18H,11-12H2,1H3,(H,22,24)(H,23,25)/t13-,18?/m0/s1. The minimum Gasteiger partial charge on any atom is -0.446 e. The Morgan fingerprint density at radius 2 is 1.77 bits per heavy atom. The van der Waals surface area contributed by atoms with Crippen molar-refractivity contribution in [1.82, 2.24) is 10.0 Å². The molecule has 0 spiro atoms. The van der Waals surface area contributed by atoms with Crippen LogP contribution in [0.15, 0.2) is 64.5 Å². The second-order valence-corrected chi connectivity index (χ2v) is 8.92. The Morgan fingerprint density at radius 1 is 1.10 bits per heavy atom. The number of amides is 1. The summed E-state index contributed by atoms with van der Waals surface area (Å²) in [6, 6.07) is 14.2. The number of nitrogens with zero attached hydrogens (tertiary/aromatic N) is 1. The summed E-state index contributed by atoms with van der Waals surface area (Å²) in [6.45, 7) is 1.49. The molecule has 2 aliphatic rings. The molecule has 4 rings (SSSR count). The molecular formula is C21H21N3O5S. The minimum absolute atomic E-state index is 0.0775. The Morgan fingerprint density at radius 3 is 2.47 bits per heavy atom. The molecule has 1 saturated carbocycles. The third kappa shape index (κ3) is 4.20. The van der Waals surface area contributed by atoms with E-state index in [-0.39, 0.29) is 22.7 Å². The summed E-state index contributed by atoms with van der Waals surface area (Å²) in [5.74, 6) is -1.04. The average molecular weight is 427 g/mol. The van der Waals surface area contributed by atoms with Crippen molar-refractivity contribution in [2.24, 2.45) is 4.99 Å². The number of nitrogens with one attached hydrogen (secondary N) is 2. The molecule has 2 aromatic carbocycles. The molecule has 2 atom stereocenters. The van der Waals surface area contributed by atoms with E-state index in [9.17, 15) is 18.0 Å².